The van der Waals surface area contributed by atoms with Gasteiger partial charge in [-0.3, -0.25) is 14.4 Å². The third-order valence-electron chi connectivity index (χ3n) is 7.13. The number of ether oxygens (including phenoxy) is 1. The smallest absolute Gasteiger partial charge is 0.310 e. The fourth-order valence-corrected chi connectivity index (χ4v) is 6.07. The molecule has 196 valence electrons. The van der Waals surface area contributed by atoms with Crippen molar-refractivity contribution >= 4 is 34.8 Å². The maximum absolute atomic E-state index is 13.2. The molecular weight excluding hydrogens is 494 g/mol. The third kappa shape index (κ3) is 5.07. The van der Waals surface area contributed by atoms with Crippen molar-refractivity contribution in [1.29, 1.82) is 0 Å². The average molecular weight is 526 g/mol. The molecular formula is C25H31N7O4S. The van der Waals surface area contributed by atoms with Crippen molar-refractivity contribution in [2.24, 2.45) is 5.92 Å². The molecule has 0 aliphatic carbocycles. The van der Waals surface area contributed by atoms with E-state index in [-0.39, 0.29) is 29.6 Å². The highest BCUT2D eigenvalue weighted by atomic mass is 32.1. The molecule has 1 unspecified atom stereocenters. The summed E-state index contributed by atoms with van der Waals surface area (Å²) in [5.74, 6) is -0.602. The largest absolute Gasteiger partial charge is 0.466 e. The monoisotopic (exact) mass is 525 g/mol. The summed E-state index contributed by atoms with van der Waals surface area (Å²) in [6.07, 6.45) is 3.03. The van der Waals surface area contributed by atoms with E-state index >= 15 is 0 Å². The number of carbonyl (C=O) groups is 3. The molecule has 2 amide bonds. The second kappa shape index (κ2) is 10.5. The zero-order chi connectivity index (χ0) is 26.1. The van der Waals surface area contributed by atoms with Crippen LogP contribution in [0.3, 0.4) is 0 Å². The number of hydrogen-bond donors (Lipinski definition) is 0. The summed E-state index contributed by atoms with van der Waals surface area (Å²) >= 11 is 1.49. The van der Waals surface area contributed by atoms with Gasteiger partial charge in [0.25, 0.3) is 11.8 Å². The van der Waals surface area contributed by atoms with Gasteiger partial charge < -0.3 is 14.5 Å². The Morgan fingerprint density at radius 1 is 1.05 bits per heavy atom. The van der Waals surface area contributed by atoms with Gasteiger partial charge in [0, 0.05) is 43.5 Å². The summed E-state index contributed by atoms with van der Waals surface area (Å²) in [6, 6.07) is 1.83. The van der Waals surface area contributed by atoms with Crippen LogP contribution < -0.4 is 0 Å². The summed E-state index contributed by atoms with van der Waals surface area (Å²) in [6.45, 7) is 8.00. The van der Waals surface area contributed by atoms with E-state index in [9.17, 15) is 14.4 Å². The van der Waals surface area contributed by atoms with Crippen LogP contribution in [0.1, 0.15) is 75.9 Å². The minimum Gasteiger partial charge on any atom is -0.466 e. The Morgan fingerprint density at radius 2 is 1.84 bits per heavy atom. The number of esters is 1. The highest BCUT2D eigenvalue weighted by Gasteiger charge is 2.32. The molecule has 37 heavy (non-hydrogen) atoms. The van der Waals surface area contributed by atoms with Crippen LogP contribution in [-0.4, -0.2) is 85.2 Å². The van der Waals surface area contributed by atoms with Gasteiger partial charge in [0.05, 0.1) is 28.9 Å². The highest BCUT2D eigenvalue weighted by molar-refractivity contribution is 7.09. The van der Waals surface area contributed by atoms with Crippen molar-refractivity contribution in [3.8, 4) is 0 Å². The molecule has 0 saturated carbocycles. The van der Waals surface area contributed by atoms with Gasteiger partial charge in [-0.25, -0.2) is 9.50 Å². The van der Waals surface area contributed by atoms with Gasteiger partial charge in [0.15, 0.2) is 11.3 Å². The van der Waals surface area contributed by atoms with Crippen molar-refractivity contribution in [3.63, 3.8) is 0 Å². The lowest BCUT2D eigenvalue weighted by Crippen LogP contribution is -2.43. The Labute approximate surface area is 218 Å². The maximum Gasteiger partial charge on any atom is 0.310 e. The van der Waals surface area contributed by atoms with E-state index in [1.165, 1.54) is 11.3 Å². The number of thiazole rings is 1. The van der Waals surface area contributed by atoms with Crippen LogP contribution >= 0.6 is 11.3 Å². The molecule has 2 fully saturated rings. The van der Waals surface area contributed by atoms with Crippen LogP contribution in [0.25, 0.3) is 5.65 Å². The number of hydrogen-bond acceptors (Lipinski definition) is 9. The summed E-state index contributed by atoms with van der Waals surface area (Å²) in [5.41, 5.74) is 2.87. The Bertz CT molecular complexity index is 1330. The molecule has 5 heterocycles. The molecule has 0 bridgehead atoms. The van der Waals surface area contributed by atoms with Gasteiger partial charge in [-0.15, -0.1) is 21.5 Å². The first-order chi connectivity index (χ1) is 17.9. The van der Waals surface area contributed by atoms with Crippen molar-refractivity contribution in [1.82, 2.24) is 34.6 Å². The van der Waals surface area contributed by atoms with Crippen LogP contribution in [0.5, 0.6) is 0 Å². The Kier molecular flexibility index (Phi) is 7.18. The molecule has 11 nitrogen and oxygen atoms in total. The number of carbonyl (C=O) groups excluding carboxylic acids is 3. The summed E-state index contributed by atoms with van der Waals surface area (Å²) in [4.78, 5) is 46.6. The molecule has 3 aromatic heterocycles. The molecule has 2 aliphatic rings. The Balaban J connectivity index is 1.20. The van der Waals surface area contributed by atoms with Crippen molar-refractivity contribution < 1.29 is 19.1 Å². The lowest BCUT2D eigenvalue weighted by atomic mass is 9.97. The first kappa shape index (κ1) is 25.2. The van der Waals surface area contributed by atoms with Gasteiger partial charge in [0.2, 0.25) is 0 Å². The number of piperidine rings is 2. The number of nitrogens with zero attached hydrogens (tertiary/aromatic N) is 7. The molecule has 0 aromatic carbocycles. The molecule has 3 aromatic rings. The first-order valence-electron chi connectivity index (χ1n) is 12.8. The van der Waals surface area contributed by atoms with E-state index in [2.05, 4.69) is 20.3 Å². The van der Waals surface area contributed by atoms with Gasteiger partial charge in [0.1, 0.15) is 5.69 Å². The zero-order valence-corrected chi connectivity index (χ0v) is 22.2. The number of aryl methyl sites for hydroxylation is 2. The van der Waals surface area contributed by atoms with Crippen molar-refractivity contribution in [2.75, 3.05) is 32.8 Å². The Hall–Kier alpha value is -3.41. The van der Waals surface area contributed by atoms with Crippen LogP contribution in [-0.2, 0) is 9.53 Å². The van der Waals surface area contributed by atoms with Crippen LogP contribution in [0, 0.1) is 19.8 Å². The molecule has 12 heteroatoms. The van der Waals surface area contributed by atoms with Crippen LogP contribution in [0.2, 0.25) is 0 Å². The van der Waals surface area contributed by atoms with Gasteiger partial charge >= 0.3 is 5.97 Å². The van der Waals surface area contributed by atoms with Crippen LogP contribution in [0.4, 0.5) is 0 Å². The van der Waals surface area contributed by atoms with Gasteiger partial charge in [-0.1, -0.05) is 0 Å². The number of likely N-dealkylation sites (tertiary alicyclic amines) is 2. The average Bonchev–Trinajstić information content (AvgIpc) is 3.56. The van der Waals surface area contributed by atoms with Gasteiger partial charge in [-0.2, -0.15) is 5.10 Å². The lowest BCUT2D eigenvalue weighted by molar-refractivity contribution is -0.149. The van der Waals surface area contributed by atoms with Crippen molar-refractivity contribution in [3.05, 3.63) is 39.2 Å². The molecule has 0 spiro atoms. The van der Waals surface area contributed by atoms with E-state index in [0.29, 0.717) is 55.5 Å². The molecule has 0 N–H and O–H groups in total. The van der Waals surface area contributed by atoms with E-state index in [4.69, 9.17) is 4.74 Å². The second-order valence-electron chi connectivity index (χ2n) is 9.67. The molecule has 0 radical (unpaired) electrons. The molecule has 2 saturated heterocycles. The number of aromatic nitrogens is 5. The predicted molar refractivity (Wildman–Crippen MR) is 136 cm³/mol. The summed E-state index contributed by atoms with van der Waals surface area (Å²) in [7, 11) is 0. The van der Waals surface area contributed by atoms with E-state index < -0.39 is 0 Å². The fraction of sp³-hybridized carbons (Fsp3) is 0.560. The number of fused-ring (bicyclic) bond motifs is 1. The topological polar surface area (TPSA) is 123 Å². The minimum absolute atomic E-state index is 0.137. The quantitative estimate of drug-likeness (QED) is 0.466. The fourth-order valence-electron chi connectivity index (χ4n) is 5.10. The summed E-state index contributed by atoms with van der Waals surface area (Å²) < 4.78 is 6.81. The predicted octanol–water partition coefficient (Wildman–Crippen LogP) is 2.63. The standard InChI is InChI=1S/C25H31N7O4S/c1-4-36-25(35)18-6-5-9-31(13-18)23(33)19-14-37-22(26-19)17-7-10-30(11-8-17)24(34)21-16(3)32-20(27-28-21)12-15(2)29-32/h12,14,17-18H,4-11,13H2,1-3H3. The number of amides is 2. The molecule has 1 atom stereocenters. The van der Waals surface area contributed by atoms with E-state index in [0.717, 1.165) is 36.4 Å². The first-order valence-corrected chi connectivity index (χ1v) is 13.6. The lowest BCUT2D eigenvalue weighted by Gasteiger charge is -2.31. The summed E-state index contributed by atoms with van der Waals surface area (Å²) in [5, 5.41) is 15.5. The molecule has 2 aliphatic heterocycles. The Morgan fingerprint density at radius 3 is 2.59 bits per heavy atom. The second-order valence-corrected chi connectivity index (χ2v) is 10.6. The highest BCUT2D eigenvalue weighted by Crippen LogP contribution is 2.31. The SMILES string of the molecule is CCOC(=O)C1CCCN(C(=O)c2csc(C3CCN(C(=O)c4nnc5cc(C)nn5c4C)CC3)n2)C1. The van der Waals surface area contributed by atoms with Gasteiger partial charge in [-0.05, 0) is 46.5 Å². The normalized spacial score (nSPS) is 18.8. The third-order valence-corrected chi connectivity index (χ3v) is 8.14. The minimum atomic E-state index is -0.274. The number of rotatable bonds is 5. The van der Waals surface area contributed by atoms with E-state index in [1.54, 1.807) is 21.2 Å². The van der Waals surface area contributed by atoms with Crippen LogP contribution in [0.15, 0.2) is 11.4 Å². The zero-order valence-electron chi connectivity index (χ0n) is 21.3. The van der Waals surface area contributed by atoms with E-state index in [1.807, 2.05) is 25.3 Å². The maximum atomic E-state index is 13.2. The van der Waals surface area contributed by atoms with Crippen molar-refractivity contribution in [2.45, 2.75) is 52.4 Å². The molecule has 5 rings (SSSR count).